The lowest BCUT2D eigenvalue weighted by atomic mass is 10.1. The van der Waals surface area contributed by atoms with E-state index >= 15 is 0 Å². The number of hydrazone groups is 1. The van der Waals surface area contributed by atoms with Gasteiger partial charge in [-0.1, -0.05) is 54.1 Å². The van der Waals surface area contributed by atoms with Crippen LogP contribution in [0, 0.1) is 0 Å². The molecule has 1 aromatic heterocycles. The molecule has 1 heterocycles. The molecule has 0 unspecified atom stereocenters. The summed E-state index contributed by atoms with van der Waals surface area (Å²) in [7, 11) is 0. The number of carbonyl (C=O) groups excluding carboxylic acids is 1. The Balaban J connectivity index is 1.64. The Labute approximate surface area is 178 Å². The minimum absolute atomic E-state index is 0.106. The average Bonchev–Trinajstić information content (AvgIpc) is 3.19. The van der Waals surface area contributed by atoms with E-state index in [-0.39, 0.29) is 11.3 Å². The fourth-order valence-electron chi connectivity index (χ4n) is 2.91. The van der Waals surface area contributed by atoms with Gasteiger partial charge in [0.1, 0.15) is 11.4 Å². The molecule has 0 aliphatic heterocycles. The van der Waals surface area contributed by atoms with Gasteiger partial charge in [0.05, 0.1) is 17.5 Å². The van der Waals surface area contributed by atoms with Crippen molar-refractivity contribution in [2.24, 2.45) is 5.10 Å². The molecule has 3 aromatic carbocycles. The normalized spacial score (nSPS) is 11.0. The fourth-order valence-corrected chi connectivity index (χ4v) is 3.04. The number of carbonyl (C=O) groups is 1. The van der Waals surface area contributed by atoms with Crippen molar-refractivity contribution in [1.82, 2.24) is 15.2 Å². The molecule has 0 aliphatic rings. The fraction of sp³-hybridized carbons (Fsp3) is 0. The highest BCUT2D eigenvalue weighted by atomic mass is 35.5. The van der Waals surface area contributed by atoms with Crippen LogP contribution >= 0.6 is 11.6 Å². The summed E-state index contributed by atoms with van der Waals surface area (Å²) in [6.07, 6.45) is 3.35. The van der Waals surface area contributed by atoms with Gasteiger partial charge in [-0.25, -0.2) is 10.1 Å². The first-order valence-electron chi connectivity index (χ1n) is 9.14. The summed E-state index contributed by atoms with van der Waals surface area (Å²) in [5.74, 6) is -0.610. The summed E-state index contributed by atoms with van der Waals surface area (Å²) in [6, 6.07) is 23.3. The summed E-state index contributed by atoms with van der Waals surface area (Å²) >= 11 is 5.98. The van der Waals surface area contributed by atoms with Gasteiger partial charge in [0.15, 0.2) is 0 Å². The van der Waals surface area contributed by atoms with Crippen molar-refractivity contribution in [1.29, 1.82) is 0 Å². The first kappa shape index (κ1) is 19.4. The smallest absolute Gasteiger partial charge is 0.275 e. The van der Waals surface area contributed by atoms with E-state index in [4.69, 9.17) is 11.6 Å². The molecule has 4 aromatic rings. The van der Waals surface area contributed by atoms with E-state index < -0.39 is 5.91 Å². The molecule has 2 N–H and O–H groups in total. The third-order valence-corrected chi connectivity index (χ3v) is 4.65. The van der Waals surface area contributed by atoms with Crippen LogP contribution in [0.15, 0.2) is 90.2 Å². The molecule has 6 nitrogen and oxygen atoms in total. The van der Waals surface area contributed by atoms with Crippen LogP contribution in [-0.4, -0.2) is 27.0 Å². The van der Waals surface area contributed by atoms with Crippen LogP contribution in [0.5, 0.6) is 5.75 Å². The van der Waals surface area contributed by atoms with Crippen LogP contribution < -0.4 is 5.43 Å². The summed E-state index contributed by atoms with van der Waals surface area (Å²) in [6.45, 7) is 0. The molecule has 0 fully saturated rings. The molecular weight excluding hydrogens is 400 g/mol. The summed E-state index contributed by atoms with van der Waals surface area (Å²) in [4.78, 5) is 12.3. The third kappa shape index (κ3) is 4.24. The zero-order valence-corrected chi connectivity index (χ0v) is 16.5. The molecule has 0 spiro atoms. The number of phenols is 1. The van der Waals surface area contributed by atoms with E-state index in [9.17, 15) is 9.90 Å². The van der Waals surface area contributed by atoms with E-state index in [1.165, 1.54) is 18.3 Å². The van der Waals surface area contributed by atoms with Crippen molar-refractivity contribution >= 4 is 23.7 Å². The lowest BCUT2D eigenvalue weighted by molar-refractivity contribution is 0.0952. The van der Waals surface area contributed by atoms with E-state index in [1.807, 2.05) is 48.7 Å². The second-order valence-corrected chi connectivity index (χ2v) is 6.87. The van der Waals surface area contributed by atoms with Crippen molar-refractivity contribution in [3.8, 4) is 22.7 Å². The van der Waals surface area contributed by atoms with Crippen molar-refractivity contribution in [3.05, 3.63) is 101 Å². The quantitative estimate of drug-likeness (QED) is 0.366. The molecule has 4 rings (SSSR count). The monoisotopic (exact) mass is 416 g/mol. The molecule has 30 heavy (non-hydrogen) atoms. The molecule has 0 aliphatic carbocycles. The van der Waals surface area contributed by atoms with Gasteiger partial charge in [-0.05, 0) is 36.4 Å². The topological polar surface area (TPSA) is 79.5 Å². The number of hydrogen-bond donors (Lipinski definition) is 2. The van der Waals surface area contributed by atoms with Crippen LogP contribution in [0.25, 0.3) is 16.9 Å². The summed E-state index contributed by atoms with van der Waals surface area (Å²) in [5.41, 5.74) is 5.78. The van der Waals surface area contributed by atoms with Gasteiger partial charge < -0.3 is 5.11 Å². The Kier molecular flexibility index (Phi) is 5.59. The van der Waals surface area contributed by atoms with E-state index in [2.05, 4.69) is 15.6 Å². The van der Waals surface area contributed by atoms with Gasteiger partial charge in [-0.2, -0.15) is 10.2 Å². The number of rotatable bonds is 5. The van der Waals surface area contributed by atoms with Gasteiger partial charge in [0.2, 0.25) is 0 Å². The summed E-state index contributed by atoms with van der Waals surface area (Å²) < 4.78 is 1.73. The zero-order chi connectivity index (χ0) is 20.9. The molecule has 0 bridgehead atoms. The highest BCUT2D eigenvalue weighted by Gasteiger charge is 2.12. The molecular formula is C23H17ClN4O2. The third-order valence-electron chi connectivity index (χ3n) is 4.40. The van der Waals surface area contributed by atoms with Crippen molar-refractivity contribution in [2.75, 3.05) is 0 Å². The second-order valence-electron chi connectivity index (χ2n) is 6.44. The highest BCUT2D eigenvalue weighted by molar-refractivity contribution is 6.30. The van der Waals surface area contributed by atoms with Crippen LogP contribution in [0.4, 0.5) is 0 Å². The number of benzene rings is 3. The molecule has 0 saturated carbocycles. The Morgan fingerprint density at radius 2 is 1.70 bits per heavy atom. The van der Waals surface area contributed by atoms with Crippen molar-refractivity contribution in [2.45, 2.75) is 0 Å². The number of nitrogens with one attached hydrogen (secondary N) is 1. The van der Waals surface area contributed by atoms with Crippen molar-refractivity contribution in [3.63, 3.8) is 0 Å². The maximum absolute atomic E-state index is 12.3. The number of amides is 1. The predicted octanol–water partition coefficient (Wildman–Crippen LogP) is 4.66. The van der Waals surface area contributed by atoms with E-state index in [0.29, 0.717) is 16.3 Å². The van der Waals surface area contributed by atoms with Crippen LogP contribution in [-0.2, 0) is 0 Å². The first-order valence-corrected chi connectivity index (χ1v) is 9.52. The Bertz CT molecular complexity index is 1200. The van der Waals surface area contributed by atoms with Gasteiger partial charge in [0.25, 0.3) is 5.91 Å². The van der Waals surface area contributed by atoms with Gasteiger partial charge in [0, 0.05) is 22.3 Å². The van der Waals surface area contributed by atoms with E-state index in [1.54, 1.807) is 28.9 Å². The van der Waals surface area contributed by atoms with Gasteiger partial charge in [-0.15, -0.1) is 0 Å². The predicted molar refractivity (Wildman–Crippen MR) is 117 cm³/mol. The lowest BCUT2D eigenvalue weighted by Gasteiger charge is -2.02. The number of phenolic OH excluding ortho intramolecular Hbond substituents is 1. The number of nitrogens with zero attached hydrogens (tertiary/aromatic N) is 3. The first-order chi connectivity index (χ1) is 14.6. The molecule has 0 radical (unpaired) electrons. The van der Waals surface area contributed by atoms with Crippen molar-refractivity contribution < 1.29 is 9.90 Å². The number of halogens is 1. The van der Waals surface area contributed by atoms with Gasteiger partial charge >= 0.3 is 0 Å². The van der Waals surface area contributed by atoms with Crippen LogP contribution in [0.2, 0.25) is 5.02 Å². The molecule has 148 valence electrons. The second kappa shape index (κ2) is 8.63. The minimum Gasteiger partial charge on any atom is -0.507 e. The molecule has 0 saturated heterocycles. The molecule has 0 atom stereocenters. The number of hydrogen-bond acceptors (Lipinski definition) is 4. The standard InChI is InChI=1S/C23H17ClN4O2/c24-18-10-12-19(13-11-18)28-15-17(22(27-28)16-6-2-1-3-7-16)14-25-26-23(30)20-8-4-5-9-21(20)29/h1-15,29H,(H,26,30)/b25-14+. The Morgan fingerprint density at radius 1 is 1.00 bits per heavy atom. The number of aromatic hydroxyl groups is 1. The average molecular weight is 417 g/mol. The maximum Gasteiger partial charge on any atom is 0.275 e. The summed E-state index contributed by atoms with van der Waals surface area (Å²) in [5, 5.41) is 19.2. The SMILES string of the molecule is O=C(N/N=C/c1cn(-c2ccc(Cl)cc2)nc1-c1ccccc1)c1ccccc1O. The molecule has 1 amide bonds. The Morgan fingerprint density at radius 3 is 2.43 bits per heavy atom. The zero-order valence-electron chi connectivity index (χ0n) is 15.7. The minimum atomic E-state index is -0.504. The van der Waals surface area contributed by atoms with Gasteiger partial charge in [-0.3, -0.25) is 4.79 Å². The maximum atomic E-state index is 12.3. The number of aromatic nitrogens is 2. The molecule has 7 heteroatoms. The lowest BCUT2D eigenvalue weighted by Crippen LogP contribution is -2.17. The van der Waals surface area contributed by atoms with Crippen LogP contribution in [0.3, 0.4) is 0 Å². The Hall–Kier alpha value is -3.90. The largest absolute Gasteiger partial charge is 0.507 e. The van der Waals surface area contributed by atoms with Crippen LogP contribution in [0.1, 0.15) is 15.9 Å². The van der Waals surface area contributed by atoms with E-state index in [0.717, 1.165) is 11.3 Å². The number of para-hydroxylation sites is 1. The highest BCUT2D eigenvalue weighted by Crippen LogP contribution is 2.23.